The van der Waals surface area contributed by atoms with Gasteiger partial charge in [0.05, 0.1) is 5.56 Å². The number of halogens is 1. The molecule has 0 fully saturated rings. The highest BCUT2D eigenvalue weighted by Crippen LogP contribution is 2.19. The van der Waals surface area contributed by atoms with Gasteiger partial charge < -0.3 is 10.1 Å². The summed E-state index contributed by atoms with van der Waals surface area (Å²) >= 11 is 5.84. The highest BCUT2D eigenvalue weighted by molar-refractivity contribution is 6.30. The average molecular weight is 336 g/mol. The molecule has 1 atom stereocenters. The summed E-state index contributed by atoms with van der Waals surface area (Å²) in [6.45, 7) is 2.14. The van der Waals surface area contributed by atoms with Crippen molar-refractivity contribution in [3.8, 4) is 0 Å². The first-order chi connectivity index (χ1) is 11.1. The third kappa shape index (κ3) is 5.71. The molecule has 0 bridgehead atoms. The van der Waals surface area contributed by atoms with Gasteiger partial charge in [-0.2, -0.15) is 0 Å². The van der Waals surface area contributed by atoms with Crippen LogP contribution < -0.4 is 5.32 Å². The maximum Gasteiger partial charge on any atom is 0.338 e. The van der Waals surface area contributed by atoms with Gasteiger partial charge in [0, 0.05) is 11.6 Å². The van der Waals surface area contributed by atoms with Gasteiger partial charge in [0.25, 0.3) is 5.91 Å². The lowest BCUT2D eigenvalue weighted by atomic mass is 9.97. The molecule has 0 saturated heterocycles. The Morgan fingerprint density at radius 3 is 2.87 bits per heavy atom. The minimum absolute atomic E-state index is 0.281. The number of rotatable bonds is 6. The Morgan fingerprint density at radius 2 is 2.17 bits per heavy atom. The second-order valence-corrected chi connectivity index (χ2v) is 6.14. The zero-order valence-corrected chi connectivity index (χ0v) is 14.1. The lowest BCUT2D eigenvalue weighted by Gasteiger charge is -2.15. The quantitative estimate of drug-likeness (QED) is 0.633. The van der Waals surface area contributed by atoms with Gasteiger partial charge in [-0.1, -0.05) is 29.3 Å². The smallest absolute Gasteiger partial charge is 0.338 e. The number of hydrogen-bond acceptors (Lipinski definition) is 3. The summed E-state index contributed by atoms with van der Waals surface area (Å²) in [6.07, 6.45) is 7.03. The SMILES string of the molecule is C[C@H](OC(=O)c1cccc(Cl)c1)C(=O)NCCC1=CCCCC1. The predicted molar refractivity (Wildman–Crippen MR) is 90.5 cm³/mol. The molecule has 1 N–H and O–H groups in total. The molecular formula is C18H22ClNO3. The monoisotopic (exact) mass is 335 g/mol. The third-order valence-corrected chi connectivity index (χ3v) is 4.08. The van der Waals surface area contributed by atoms with Crippen LogP contribution in [0.3, 0.4) is 0 Å². The van der Waals surface area contributed by atoms with E-state index in [4.69, 9.17) is 16.3 Å². The van der Waals surface area contributed by atoms with E-state index >= 15 is 0 Å². The summed E-state index contributed by atoms with van der Waals surface area (Å²) in [7, 11) is 0. The van der Waals surface area contributed by atoms with Gasteiger partial charge in [-0.15, -0.1) is 0 Å². The summed E-state index contributed by atoms with van der Waals surface area (Å²) in [6, 6.07) is 6.47. The van der Waals surface area contributed by atoms with Crippen molar-refractivity contribution in [1.29, 1.82) is 0 Å². The van der Waals surface area contributed by atoms with E-state index in [1.807, 2.05) is 0 Å². The van der Waals surface area contributed by atoms with Gasteiger partial charge in [0.1, 0.15) is 0 Å². The van der Waals surface area contributed by atoms with Gasteiger partial charge in [-0.05, 0) is 57.2 Å². The van der Waals surface area contributed by atoms with E-state index in [-0.39, 0.29) is 5.91 Å². The second kappa shape index (κ2) is 8.73. The molecule has 1 aliphatic rings. The number of benzene rings is 1. The van der Waals surface area contributed by atoms with Gasteiger partial charge in [0.15, 0.2) is 6.10 Å². The maximum atomic E-state index is 12.0. The number of amides is 1. The molecule has 0 radical (unpaired) electrons. The molecule has 0 heterocycles. The van der Waals surface area contributed by atoms with Gasteiger partial charge >= 0.3 is 5.97 Å². The summed E-state index contributed by atoms with van der Waals surface area (Å²) < 4.78 is 5.17. The minimum atomic E-state index is -0.832. The Kier molecular flexibility index (Phi) is 6.66. The molecule has 4 nitrogen and oxygen atoms in total. The summed E-state index contributed by atoms with van der Waals surface area (Å²) in [4.78, 5) is 23.9. The Labute approximate surface area is 141 Å². The molecular weight excluding hydrogens is 314 g/mol. The number of carbonyl (C=O) groups is 2. The minimum Gasteiger partial charge on any atom is -0.449 e. The zero-order chi connectivity index (χ0) is 16.7. The first kappa shape index (κ1) is 17.5. The highest BCUT2D eigenvalue weighted by Gasteiger charge is 2.18. The van der Waals surface area contributed by atoms with Crippen LogP contribution in [0, 0.1) is 0 Å². The van der Waals surface area contributed by atoms with Crippen LogP contribution in [0.4, 0.5) is 0 Å². The molecule has 0 aliphatic heterocycles. The average Bonchev–Trinajstić information content (AvgIpc) is 2.55. The first-order valence-corrected chi connectivity index (χ1v) is 8.36. The maximum absolute atomic E-state index is 12.0. The molecule has 1 aliphatic carbocycles. The normalized spacial score (nSPS) is 15.5. The molecule has 5 heteroatoms. The van der Waals surface area contributed by atoms with Gasteiger partial charge in [0.2, 0.25) is 0 Å². The third-order valence-electron chi connectivity index (χ3n) is 3.84. The number of allylic oxidation sites excluding steroid dienone is 1. The number of carbonyl (C=O) groups excluding carboxylic acids is 2. The molecule has 0 unspecified atom stereocenters. The standard InChI is InChI=1S/C18H22ClNO3/c1-13(23-18(22)15-8-5-9-16(19)12-15)17(21)20-11-10-14-6-3-2-4-7-14/h5-6,8-9,12-13H,2-4,7,10-11H2,1H3,(H,20,21)/t13-/m0/s1. The molecule has 2 rings (SSSR count). The van der Waals surface area contributed by atoms with Crippen LogP contribution in [-0.4, -0.2) is 24.5 Å². The summed E-state index contributed by atoms with van der Waals surface area (Å²) in [5, 5.41) is 3.27. The molecule has 1 aromatic rings. The van der Waals surface area contributed by atoms with Crippen LogP contribution in [0.5, 0.6) is 0 Å². The zero-order valence-electron chi connectivity index (χ0n) is 13.3. The van der Waals surface area contributed by atoms with E-state index in [1.165, 1.54) is 24.5 Å². The van der Waals surface area contributed by atoms with E-state index < -0.39 is 12.1 Å². The number of ether oxygens (including phenoxy) is 1. The number of nitrogens with one attached hydrogen (secondary N) is 1. The summed E-state index contributed by atoms with van der Waals surface area (Å²) in [5.74, 6) is -0.832. The van der Waals surface area contributed by atoms with Gasteiger partial charge in [-0.25, -0.2) is 4.79 Å². The Hall–Kier alpha value is -1.81. The van der Waals surface area contributed by atoms with Crippen molar-refractivity contribution >= 4 is 23.5 Å². The predicted octanol–water partition coefficient (Wildman–Crippen LogP) is 3.89. The molecule has 1 aromatic carbocycles. The molecule has 1 amide bonds. The van der Waals surface area contributed by atoms with Crippen molar-refractivity contribution in [2.45, 2.75) is 45.1 Å². The number of hydrogen-bond donors (Lipinski definition) is 1. The number of esters is 1. The molecule has 0 spiro atoms. The Bertz CT molecular complexity index is 598. The lowest BCUT2D eigenvalue weighted by Crippen LogP contribution is -2.36. The van der Waals surface area contributed by atoms with Crippen molar-refractivity contribution in [3.05, 3.63) is 46.5 Å². The Balaban J connectivity index is 1.76. The fourth-order valence-corrected chi connectivity index (χ4v) is 2.71. The van der Waals surface area contributed by atoms with E-state index in [0.717, 1.165) is 19.3 Å². The molecule has 124 valence electrons. The van der Waals surface area contributed by atoms with Crippen LogP contribution in [-0.2, 0) is 9.53 Å². The van der Waals surface area contributed by atoms with Crippen molar-refractivity contribution < 1.29 is 14.3 Å². The molecule has 0 saturated carbocycles. The first-order valence-electron chi connectivity index (χ1n) is 7.98. The molecule has 0 aromatic heterocycles. The van der Waals surface area contributed by atoms with E-state index in [9.17, 15) is 9.59 Å². The Morgan fingerprint density at radius 1 is 1.35 bits per heavy atom. The van der Waals surface area contributed by atoms with Crippen molar-refractivity contribution in [2.75, 3.05) is 6.54 Å². The van der Waals surface area contributed by atoms with Crippen molar-refractivity contribution in [2.24, 2.45) is 0 Å². The molecule has 23 heavy (non-hydrogen) atoms. The van der Waals surface area contributed by atoms with E-state index in [1.54, 1.807) is 25.1 Å². The summed E-state index contributed by atoms with van der Waals surface area (Å²) in [5.41, 5.74) is 1.74. The fraction of sp³-hybridized carbons (Fsp3) is 0.444. The van der Waals surface area contributed by atoms with Crippen LogP contribution in [0.25, 0.3) is 0 Å². The highest BCUT2D eigenvalue weighted by atomic mass is 35.5. The van der Waals surface area contributed by atoms with Crippen LogP contribution in [0.2, 0.25) is 5.02 Å². The second-order valence-electron chi connectivity index (χ2n) is 5.71. The largest absolute Gasteiger partial charge is 0.449 e. The van der Waals surface area contributed by atoms with Crippen molar-refractivity contribution in [1.82, 2.24) is 5.32 Å². The van der Waals surface area contributed by atoms with E-state index in [0.29, 0.717) is 17.1 Å². The van der Waals surface area contributed by atoms with Crippen molar-refractivity contribution in [3.63, 3.8) is 0 Å². The van der Waals surface area contributed by atoms with Gasteiger partial charge in [-0.3, -0.25) is 4.79 Å². The topological polar surface area (TPSA) is 55.4 Å². The van der Waals surface area contributed by atoms with E-state index in [2.05, 4.69) is 11.4 Å². The van der Waals surface area contributed by atoms with Crippen LogP contribution in [0.1, 0.15) is 49.4 Å². The lowest BCUT2D eigenvalue weighted by molar-refractivity contribution is -0.129. The fourth-order valence-electron chi connectivity index (χ4n) is 2.52. The van der Waals surface area contributed by atoms with Crippen LogP contribution in [0.15, 0.2) is 35.9 Å². The van der Waals surface area contributed by atoms with Crippen LogP contribution >= 0.6 is 11.6 Å².